The molecular weight excluding hydrogens is 476 g/mol. The fourth-order valence-corrected chi connectivity index (χ4v) is 4.77. The van der Waals surface area contributed by atoms with Gasteiger partial charge in [0, 0.05) is 17.2 Å². The van der Waals surface area contributed by atoms with Gasteiger partial charge in [-0.05, 0) is 74.6 Å². The minimum Gasteiger partial charge on any atom is -0.710 e. The topological polar surface area (TPSA) is 98.1 Å². The van der Waals surface area contributed by atoms with E-state index in [9.17, 15) is 22.4 Å². The number of pyridine rings is 1. The smallest absolute Gasteiger partial charge is 0.290 e. The highest BCUT2D eigenvalue weighted by molar-refractivity contribution is 7.92. The average Bonchev–Trinajstić information content (AvgIpc) is 3.54. The van der Waals surface area contributed by atoms with E-state index >= 15 is 0 Å². The van der Waals surface area contributed by atoms with Crippen LogP contribution < -0.4 is 14.2 Å². The van der Waals surface area contributed by atoms with Crippen LogP contribution in [-0.2, 0) is 10.0 Å². The first-order valence-electron chi connectivity index (χ1n) is 11.2. The largest absolute Gasteiger partial charge is 0.710 e. The molecule has 2 aromatic heterocycles. The first-order chi connectivity index (χ1) is 16.7. The highest BCUT2D eigenvalue weighted by atomic mass is 32.2. The Labute approximate surface area is 201 Å². The molecule has 0 atom stereocenters. The number of aryl methyl sites for hydroxylation is 1. The summed E-state index contributed by atoms with van der Waals surface area (Å²) in [5.74, 6) is -1.48. The molecule has 5 rings (SSSR count). The molecule has 1 fully saturated rings. The molecule has 2 aromatic carbocycles. The molecule has 1 aliphatic carbocycles. The zero-order chi connectivity index (χ0) is 24.9. The summed E-state index contributed by atoms with van der Waals surface area (Å²) >= 11 is 0. The van der Waals surface area contributed by atoms with Crippen molar-refractivity contribution in [3.63, 3.8) is 0 Å². The number of rotatable bonds is 7. The Morgan fingerprint density at radius 2 is 1.89 bits per heavy atom. The summed E-state index contributed by atoms with van der Waals surface area (Å²) in [7, 11) is -3.58. The molecule has 0 bridgehead atoms. The monoisotopic (exact) mass is 499 g/mol. The molecule has 0 amide bonds. The van der Waals surface area contributed by atoms with Crippen molar-refractivity contribution in [2.24, 2.45) is 0 Å². The van der Waals surface area contributed by atoms with Gasteiger partial charge in [0.25, 0.3) is 5.65 Å². The van der Waals surface area contributed by atoms with Crippen molar-refractivity contribution >= 4 is 26.7 Å². The van der Waals surface area contributed by atoms with Crippen molar-refractivity contribution < 1.29 is 26.7 Å². The Hall–Kier alpha value is -3.66. The summed E-state index contributed by atoms with van der Waals surface area (Å²) in [5.41, 5.74) is 2.93. The predicted octanol–water partition coefficient (Wildman–Crippen LogP) is 5.49. The van der Waals surface area contributed by atoms with Crippen LogP contribution in [0.2, 0.25) is 0 Å². The van der Waals surface area contributed by atoms with E-state index in [2.05, 4.69) is 9.71 Å². The van der Waals surface area contributed by atoms with Gasteiger partial charge >= 0.3 is 0 Å². The molecule has 1 aliphatic rings. The minimum atomic E-state index is -3.58. The number of fused-ring (bicyclic) bond motifs is 1. The lowest BCUT2D eigenvalue weighted by molar-refractivity contribution is -0.586. The van der Waals surface area contributed by atoms with Gasteiger partial charge in [-0.2, -0.15) is 0 Å². The number of benzene rings is 2. The van der Waals surface area contributed by atoms with Crippen molar-refractivity contribution in [1.29, 1.82) is 0 Å². The maximum atomic E-state index is 14.5. The summed E-state index contributed by atoms with van der Waals surface area (Å²) in [6.45, 7) is 3.20. The van der Waals surface area contributed by atoms with E-state index in [1.54, 1.807) is 44.3 Å². The fraction of sp³-hybridized carbons (Fsp3) is 0.240. The maximum absolute atomic E-state index is 14.5. The van der Waals surface area contributed by atoms with Gasteiger partial charge in [-0.3, -0.25) is 4.72 Å². The van der Waals surface area contributed by atoms with E-state index in [0.717, 1.165) is 35.3 Å². The Kier molecular flexibility index (Phi) is 5.63. The average molecular weight is 500 g/mol. The van der Waals surface area contributed by atoms with E-state index < -0.39 is 21.7 Å². The maximum Gasteiger partial charge on any atom is 0.290 e. The molecule has 182 valence electrons. The van der Waals surface area contributed by atoms with Crippen LogP contribution in [0.4, 0.5) is 14.5 Å². The molecule has 0 aliphatic heterocycles. The van der Waals surface area contributed by atoms with Crippen LogP contribution in [0.1, 0.15) is 36.9 Å². The first-order valence-corrected chi connectivity index (χ1v) is 12.8. The molecule has 0 spiro atoms. The second-order valence-corrected chi connectivity index (χ2v) is 10.6. The van der Waals surface area contributed by atoms with E-state index in [-0.39, 0.29) is 23.2 Å². The molecule has 0 saturated heterocycles. The summed E-state index contributed by atoms with van der Waals surface area (Å²) < 4.78 is 62.3. The number of nitrogens with one attached hydrogen (secondary N) is 2. The van der Waals surface area contributed by atoms with Crippen LogP contribution in [0.5, 0.6) is 11.5 Å². The third kappa shape index (κ3) is 4.41. The zero-order valence-electron chi connectivity index (χ0n) is 19.1. The third-order valence-corrected chi connectivity index (χ3v) is 7.40. The van der Waals surface area contributed by atoms with E-state index in [0.29, 0.717) is 33.5 Å². The number of sulfonamides is 1. The van der Waals surface area contributed by atoms with Gasteiger partial charge in [-0.25, -0.2) is 26.9 Å². The van der Waals surface area contributed by atoms with E-state index in [1.807, 2.05) is 0 Å². The van der Waals surface area contributed by atoms with Gasteiger partial charge in [0.15, 0.2) is 11.6 Å². The number of hydrogen-bond acceptors (Lipinski definition) is 4. The van der Waals surface area contributed by atoms with E-state index in [4.69, 9.17) is 4.74 Å². The zero-order valence-corrected chi connectivity index (χ0v) is 19.9. The number of aromatic amines is 1. The van der Waals surface area contributed by atoms with Gasteiger partial charge in [-0.1, -0.05) is 0 Å². The Balaban J connectivity index is 1.76. The number of aromatic nitrogens is 2. The molecule has 35 heavy (non-hydrogen) atoms. The van der Waals surface area contributed by atoms with Crippen LogP contribution in [0.25, 0.3) is 22.2 Å². The Bertz CT molecular complexity index is 1560. The van der Waals surface area contributed by atoms with Crippen LogP contribution >= 0.6 is 0 Å². The fourth-order valence-electron chi connectivity index (χ4n) is 4.12. The standard InChI is InChI=1S/C25H23F2N3O4S/c1-3-35(32,33)29-22-12-20(19-10-14(2)30(31)25-17(19)8-9-28-25)24(13-18(22)15-4-5-15)34-23-7-6-16(26)11-21(23)27/h6-13,15,28-29H,3-5H2,1-2H3. The second-order valence-electron chi connectivity index (χ2n) is 8.63. The molecule has 0 radical (unpaired) electrons. The van der Waals surface area contributed by atoms with E-state index in [1.165, 1.54) is 6.07 Å². The van der Waals surface area contributed by atoms with Crippen molar-refractivity contribution in [3.8, 4) is 22.6 Å². The predicted molar refractivity (Wildman–Crippen MR) is 129 cm³/mol. The number of halogens is 2. The number of hydrogen-bond donors (Lipinski definition) is 2. The molecule has 1 saturated carbocycles. The lowest BCUT2D eigenvalue weighted by Gasteiger charge is -2.19. The lowest BCUT2D eigenvalue weighted by Crippen LogP contribution is -2.31. The normalized spacial score (nSPS) is 13.8. The minimum absolute atomic E-state index is 0.103. The summed E-state index contributed by atoms with van der Waals surface area (Å²) in [6, 6.07) is 9.79. The van der Waals surface area contributed by atoms with Gasteiger partial charge in [-0.15, -0.1) is 0 Å². The SMILES string of the molecule is CCS(=O)(=O)Nc1cc(-c2cc(C)[n+]([O-])c3[nH]ccc23)c(Oc2ccc(F)cc2F)cc1C1CC1. The first kappa shape index (κ1) is 23.1. The van der Waals surface area contributed by atoms with Crippen molar-refractivity contribution in [2.75, 3.05) is 10.5 Å². The second kappa shape index (κ2) is 8.53. The number of nitrogens with zero attached hydrogens (tertiary/aromatic N) is 1. The summed E-state index contributed by atoms with van der Waals surface area (Å²) in [4.78, 5) is 2.92. The van der Waals surface area contributed by atoms with Crippen LogP contribution in [0.15, 0.2) is 48.7 Å². The van der Waals surface area contributed by atoms with Gasteiger partial charge < -0.3 is 9.94 Å². The van der Waals surface area contributed by atoms with Crippen LogP contribution in [0.3, 0.4) is 0 Å². The highest BCUT2D eigenvalue weighted by Gasteiger charge is 2.30. The molecule has 2 heterocycles. The number of ether oxygens (including phenoxy) is 1. The van der Waals surface area contributed by atoms with Crippen molar-refractivity contribution in [1.82, 2.24) is 4.98 Å². The molecular formula is C25H23F2N3O4S. The van der Waals surface area contributed by atoms with Gasteiger partial charge in [0.2, 0.25) is 10.0 Å². The summed E-state index contributed by atoms with van der Waals surface area (Å²) in [6.07, 6.45) is 3.39. The summed E-state index contributed by atoms with van der Waals surface area (Å²) in [5, 5.41) is 13.1. The molecule has 0 unspecified atom stereocenters. The van der Waals surface area contributed by atoms with Crippen molar-refractivity contribution in [3.05, 3.63) is 76.8 Å². The molecule has 4 aromatic rings. The lowest BCUT2D eigenvalue weighted by atomic mass is 9.97. The Morgan fingerprint density at radius 3 is 2.57 bits per heavy atom. The Morgan fingerprint density at radius 1 is 1.11 bits per heavy atom. The molecule has 2 N–H and O–H groups in total. The van der Waals surface area contributed by atoms with Crippen LogP contribution in [0, 0.1) is 23.8 Å². The van der Waals surface area contributed by atoms with Gasteiger partial charge in [0.05, 0.1) is 23.0 Å². The quantitative estimate of drug-likeness (QED) is 0.260. The number of H-pyrrole nitrogens is 1. The highest BCUT2D eigenvalue weighted by Crippen LogP contribution is 2.49. The molecule has 10 heteroatoms. The van der Waals surface area contributed by atoms with Crippen LogP contribution in [-0.4, -0.2) is 19.2 Å². The van der Waals surface area contributed by atoms with Gasteiger partial charge in [0.1, 0.15) is 17.3 Å². The number of anilines is 1. The van der Waals surface area contributed by atoms with Crippen molar-refractivity contribution in [2.45, 2.75) is 32.6 Å². The molecule has 7 nitrogen and oxygen atoms in total. The third-order valence-electron chi connectivity index (χ3n) is 6.11.